The van der Waals surface area contributed by atoms with Gasteiger partial charge in [0, 0.05) is 5.70 Å². The average molecular weight is 97.2 g/mol. The first-order valence-corrected chi connectivity index (χ1v) is 2.44. The van der Waals surface area contributed by atoms with Gasteiger partial charge in [0.05, 0.1) is 0 Å². The van der Waals surface area contributed by atoms with Gasteiger partial charge in [0.15, 0.2) is 0 Å². The molecule has 0 unspecified atom stereocenters. The van der Waals surface area contributed by atoms with Crippen LogP contribution in [0, 0.1) is 0 Å². The molecular weight excluding hydrogens is 86.1 g/mol. The van der Waals surface area contributed by atoms with Crippen LogP contribution in [0.1, 0.15) is 20.3 Å². The van der Waals surface area contributed by atoms with Gasteiger partial charge in [-0.05, 0) is 20.1 Å². The van der Waals surface area contributed by atoms with E-state index in [0.29, 0.717) is 0 Å². The van der Waals surface area contributed by atoms with Crippen molar-refractivity contribution in [1.82, 2.24) is 0 Å². The Kier molecular flexibility index (Phi) is 3.29. The summed E-state index contributed by atoms with van der Waals surface area (Å²) in [4.78, 5) is 3.69. The lowest BCUT2D eigenvalue weighted by atomic mass is 10.4. The Balaban J connectivity index is 3.49. The number of hydrogen-bond donors (Lipinski definition) is 0. The molecule has 0 rings (SSSR count). The van der Waals surface area contributed by atoms with Crippen LogP contribution in [0.3, 0.4) is 0 Å². The lowest BCUT2D eigenvalue weighted by molar-refractivity contribution is 1.16. The summed E-state index contributed by atoms with van der Waals surface area (Å²) in [5, 5.41) is 0. The second-order valence-electron chi connectivity index (χ2n) is 1.41. The van der Waals surface area contributed by atoms with Crippen LogP contribution in [0.15, 0.2) is 16.8 Å². The first-order chi connectivity index (χ1) is 3.31. The topological polar surface area (TPSA) is 12.4 Å². The molecule has 1 heteroatoms. The van der Waals surface area contributed by atoms with E-state index in [4.69, 9.17) is 0 Å². The first-order valence-electron chi connectivity index (χ1n) is 2.44. The van der Waals surface area contributed by atoms with Crippen LogP contribution in [0.5, 0.6) is 0 Å². The minimum Gasteiger partial charge on any atom is -0.270 e. The maximum Gasteiger partial charge on any atom is 0.0325 e. The second kappa shape index (κ2) is 3.59. The highest BCUT2D eigenvalue weighted by molar-refractivity contribution is 5.28. The van der Waals surface area contributed by atoms with Crippen molar-refractivity contribution in [2.75, 3.05) is 0 Å². The summed E-state index contributed by atoms with van der Waals surface area (Å²) in [5.74, 6) is 0. The fraction of sp³-hybridized carbons (Fsp3) is 0.500. The summed E-state index contributed by atoms with van der Waals surface area (Å²) >= 11 is 0. The molecule has 0 saturated heterocycles. The van der Waals surface area contributed by atoms with Crippen LogP contribution in [-0.4, -0.2) is 6.72 Å². The average Bonchev–Trinajstić information content (AvgIpc) is 1.68. The summed E-state index contributed by atoms with van der Waals surface area (Å²) in [6, 6.07) is 0. The van der Waals surface area contributed by atoms with Gasteiger partial charge in [0.2, 0.25) is 0 Å². The van der Waals surface area contributed by atoms with E-state index in [1.165, 1.54) is 0 Å². The molecule has 0 aromatic heterocycles. The molecule has 7 heavy (non-hydrogen) atoms. The van der Waals surface area contributed by atoms with E-state index < -0.39 is 0 Å². The molecule has 0 aromatic rings. The van der Waals surface area contributed by atoms with Crippen molar-refractivity contribution in [3.63, 3.8) is 0 Å². The van der Waals surface area contributed by atoms with Crippen molar-refractivity contribution >= 4 is 6.72 Å². The smallest absolute Gasteiger partial charge is 0.0325 e. The zero-order valence-electron chi connectivity index (χ0n) is 4.94. The van der Waals surface area contributed by atoms with Gasteiger partial charge in [0.1, 0.15) is 0 Å². The summed E-state index contributed by atoms with van der Waals surface area (Å²) in [6.45, 7) is 7.38. The molecule has 0 heterocycles. The van der Waals surface area contributed by atoms with Gasteiger partial charge in [-0.15, -0.1) is 0 Å². The van der Waals surface area contributed by atoms with Gasteiger partial charge in [-0.2, -0.15) is 0 Å². The van der Waals surface area contributed by atoms with Crippen molar-refractivity contribution in [3.8, 4) is 0 Å². The zero-order chi connectivity index (χ0) is 5.70. The Morgan fingerprint density at radius 3 is 2.57 bits per heavy atom. The van der Waals surface area contributed by atoms with Gasteiger partial charge < -0.3 is 0 Å². The predicted octanol–water partition coefficient (Wildman–Crippen LogP) is 2.00. The molecular formula is C6H11N. The molecule has 0 bridgehead atoms. The van der Waals surface area contributed by atoms with E-state index in [1.807, 2.05) is 13.0 Å². The quantitative estimate of drug-likeness (QED) is 0.467. The minimum atomic E-state index is 1.02. The van der Waals surface area contributed by atoms with Crippen LogP contribution in [0.25, 0.3) is 0 Å². The number of nitrogens with zero attached hydrogens (tertiary/aromatic N) is 1. The van der Waals surface area contributed by atoms with E-state index in [9.17, 15) is 0 Å². The fourth-order valence-corrected chi connectivity index (χ4v) is 0.360. The Hall–Kier alpha value is -0.590. The molecule has 0 spiro atoms. The largest absolute Gasteiger partial charge is 0.270 e. The number of rotatable bonds is 2. The SMILES string of the molecule is C=N/C(C)=C\CC. The second-order valence-corrected chi connectivity index (χ2v) is 1.41. The summed E-state index contributed by atoms with van der Waals surface area (Å²) in [7, 11) is 0. The van der Waals surface area contributed by atoms with Crippen molar-refractivity contribution in [3.05, 3.63) is 11.8 Å². The van der Waals surface area contributed by atoms with E-state index >= 15 is 0 Å². The van der Waals surface area contributed by atoms with Crippen LogP contribution in [0.4, 0.5) is 0 Å². The van der Waals surface area contributed by atoms with Crippen LogP contribution in [0.2, 0.25) is 0 Å². The molecule has 40 valence electrons. The Morgan fingerprint density at radius 1 is 1.86 bits per heavy atom. The minimum absolute atomic E-state index is 1.02. The Morgan fingerprint density at radius 2 is 2.43 bits per heavy atom. The summed E-state index contributed by atoms with van der Waals surface area (Å²) in [5.41, 5.74) is 1.02. The van der Waals surface area contributed by atoms with Crippen LogP contribution < -0.4 is 0 Å². The molecule has 0 amide bonds. The fourth-order valence-electron chi connectivity index (χ4n) is 0.360. The van der Waals surface area contributed by atoms with Crippen LogP contribution in [-0.2, 0) is 0 Å². The van der Waals surface area contributed by atoms with Gasteiger partial charge in [-0.3, -0.25) is 4.99 Å². The number of aliphatic imine (C=N–C) groups is 1. The molecule has 1 nitrogen and oxygen atoms in total. The van der Waals surface area contributed by atoms with Crippen molar-refractivity contribution in [2.45, 2.75) is 20.3 Å². The van der Waals surface area contributed by atoms with Crippen molar-refractivity contribution < 1.29 is 0 Å². The standard InChI is InChI=1S/C6H11N/c1-4-5-6(2)7-3/h5H,3-4H2,1-2H3/b6-5-. The Bertz CT molecular complexity index is 82.2. The molecule has 0 saturated carbocycles. The maximum atomic E-state index is 3.69. The third-order valence-electron chi connectivity index (χ3n) is 0.749. The monoisotopic (exact) mass is 97.1 g/mol. The molecule has 0 radical (unpaired) electrons. The van der Waals surface area contributed by atoms with Crippen molar-refractivity contribution in [2.24, 2.45) is 4.99 Å². The molecule has 0 fully saturated rings. The maximum absolute atomic E-state index is 3.69. The number of hydrogen-bond acceptors (Lipinski definition) is 1. The van der Waals surface area contributed by atoms with Gasteiger partial charge in [0.25, 0.3) is 0 Å². The lowest BCUT2D eigenvalue weighted by Gasteiger charge is -1.83. The molecule has 0 aliphatic heterocycles. The highest BCUT2D eigenvalue weighted by atomic mass is 14.7. The van der Waals surface area contributed by atoms with E-state index in [0.717, 1.165) is 12.1 Å². The van der Waals surface area contributed by atoms with Crippen LogP contribution >= 0.6 is 0 Å². The van der Waals surface area contributed by atoms with Crippen molar-refractivity contribution in [1.29, 1.82) is 0 Å². The first kappa shape index (κ1) is 6.41. The molecule has 0 atom stereocenters. The zero-order valence-corrected chi connectivity index (χ0v) is 4.94. The van der Waals surface area contributed by atoms with Gasteiger partial charge in [-0.1, -0.05) is 13.0 Å². The predicted molar refractivity (Wildman–Crippen MR) is 33.6 cm³/mol. The highest BCUT2D eigenvalue weighted by Gasteiger charge is 1.72. The summed E-state index contributed by atoms with van der Waals surface area (Å²) in [6.07, 6.45) is 3.08. The van der Waals surface area contributed by atoms with Gasteiger partial charge in [-0.25, -0.2) is 0 Å². The lowest BCUT2D eigenvalue weighted by Crippen LogP contribution is -1.63. The Labute approximate surface area is 44.8 Å². The normalized spacial score (nSPS) is 11.4. The molecule has 0 aromatic carbocycles. The summed E-state index contributed by atoms with van der Waals surface area (Å²) < 4.78 is 0. The number of allylic oxidation sites excluding steroid dienone is 2. The molecule has 0 N–H and O–H groups in total. The van der Waals surface area contributed by atoms with E-state index in [2.05, 4.69) is 18.6 Å². The highest BCUT2D eigenvalue weighted by Crippen LogP contribution is 1.92. The molecule has 0 aliphatic rings. The third kappa shape index (κ3) is 3.23. The third-order valence-corrected chi connectivity index (χ3v) is 0.749. The van der Waals surface area contributed by atoms with Gasteiger partial charge >= 0.3 is 0 Å². The van der Waals surface area contributed by atoms with E-state index in [1.54, 1.807) is 0 Å². The van der Waals surface area contributed by atoms with E-state index in [-0.39, 0.29) is 0 Å². The molecule has 0 aliphatic carbocycles.